The standard InChI is InChI=1S/C22H23NO7/c1-5-29-21(28)14-10-15-17(19(26)13-9-7-6-8-12(13)18(14)25)20(27)23(15)11-16(24)30-22(2,3)4/h6-10,15,17H,5,11H2,1-4H3/b14-10+/t15-,17?/m0/s1. The molecule has 8 nitrogen and oxygen atoms in total. The summed E-state index contributed by atoms with van der Waals surface area (Å²) in [5.74, 6) is -4.35. The third-order valence-electron chi connectivity index (χ3n) is 4.77. The maximum atomic E-state index is 13.0. The first kappa shape index (κ1) is 21.4. The Bertz CT molecular complexity index is 970. The minimum Gasteiger partial charge on any atom is -0.462 e. The predicted molar refractivity (Wildman–Crippen MR) is 105 cm³/mol. The van der Waals surface area contributed by atoms with E-state index in [1.54, 1.807) is 39.8 Å². The molecule has 1 aromatic rings. The average Bonchev–Trinajstić information content (AvgIpc) is 2.66. The van der Waals surface area contributed by atoms with Gasteiger partial charge in [-0.2, -0.15) is 0 Å². The van der Waals surface area contributed by atoms with E-state index < -0.39 is 53.5 Å². The number of Topliss-reactive ketones (excluding diaryl/α,β-unsaturated/α-hetero) is 2. The van der Waals surface area contributed by atoms with Gasteiger partial charge in [-0.25, -0.2) is 4.79 Å². The Labute approximate surface area is 173 Å². The molecule has 0 N–H and O–H groups in total. The Morgan fingerprint density at radius 3 is 2.30 bits per heavy atom. The summed E-state index contributed by atoms with van der Waals surface area (Å²) in [6.45, 7) is 6.34. The highest BCUT2D eigenvalue weighted by atomic mass is 16.6. The van der Waals surface area contributed by atoms with E-state index in [4.69, 9.17) is 9.47 Å². The van der Waals surface area contributed by atoms with E-state index in [1.807, 2.05) is 0 Å². The zero-order chi connectivity index (χ0) is 22.2. The van der Waals surface area contributed by atoms with Crippen LogP contribution in [0.3, 0.4) is 0 Å². The van der Waals surface area contributed by atoms with Crippen molar-refractivity contribution in [3.63, 3.8) is 0 Å². The highest BCUT2D eigenvalue weighted by molar-refractivity contribution is 6.29. The van der Waals surface area contributed by atoms with Gasteiger partial charge < -0.3 is 14.4 Å². The molecule has 1 amide bonds. The SMILES string of the molecule is CCOC(=O)/C1=C/[C@H]2C(C(=O)c3ccccc3C1=O)C(=O)N2CC(=O)OC(C)(C)C. The van der Waals surface area contributed by atoms with Crippen molar-refractivity contribution in [1.82, 2.24) is 4.90 Å². The molecule has 8 heteroatoms. The van der Waals surface area contributed by atoms with Crippen molar-refractivity contribution in [1.29, 1.82) is 0 Å². The molecular weight excluding hydrogens is 390 g/mol. The Hall–Kier alpha value is -3.29. The summed E-state index contributed by atoms with van der Waals surface area (Å²) < 4.78 is 10.2. The molecule has 158 valence electrons. The third kappa shape index (κ3) is 3.90. The number of fused-ring (bicyclic) bond motifs is 2. The van der Waals surface area contributed by atoms with Gasteiger partial charge in [0.25, 0.3) is 0 Å². The number of benzene rings is 1. The van der Waals surface area contributed by atoms with Crippen molar-refractivity contribution in [2.75, 3.05) is 13.2 Å². The van der Waals surface area contributed by atoms with Crippen LogP contribution in [0, 0.1) is 5.92 Å². The monoisotopic (exact) mass is 413 g/mol. The minimum absolute atomic E-state index is 0.0404. The summed E-state index contributed by atoms with van der Waals surface area (Å²) in [5, 5.41) is 0. The van der Waals surface area contributed by atoms with Crippen molar-refractivity contribution < 1.29 is 33.4 Å². The average molecular weight is 413 g/mol. The molecule has 1 saturated heterocycles. The molecule has 0 radical (unpaired) electrons. The lowest BCUT2D eigenvalue weighted by Gasteiger charge is -2.45. The number of β-lactam (4-membered cyclic amide) rings is 1. The Balaban J connectivity index is 2.02. The zero-order valence-corrected chi connectivity index (χ0v) is 17.3. The van der Waals surface area contributed by atoms with Gasteiger partial charge in [-0.15, -0.1) is 0 Å². The fourth-order valence-electron chi connectivity index (χ4n) is 3.54. The number of carbonyl (C=O) groups is 5. The number of hydrogen-bond donors (Lipinski definition) is 0. The second kappa shape index (κ2) is 7.85. The first-order chi connectivity index (χ1) is 14.0. The van der Waals surface area contributed by atoms with E-state index in [9.17, 15) is 24.0 Å². The molecule has 2 atom stereocenters. The van der Waals surface area contributed by atoms with Gasteiger partial charge in [0.15, 0.2) is 5.78 Å². The van der Waals surface area contributed by atoms with Gasteiger partial charge in [0.1, 0.15) is 23.6 Å². The predicted octanol–water partition coefficient (Wildman–Crippen LogP) is 1.72. The smallest absolute Gasteiger partial charge is 0.341 e. The summed E-state index contributed by atoms with van der Waals surface area (Å²) in [5.41, 5.74) is -0.910. The molecule has 1 unspecified atom stereocenters. The van der Waals surface area contributed by atoms with Gasteiger partial charge in [0.05, 0.1) is 12.6 Å². The van der Waals surface area contributed by atoms with Gasteiger partial charge >= 0.3 is 11.9 Å². The normalized spacial score (nSPS) is 22.6. The van der Waals surface area contributed by atoms with Crippen molar-refractivity contribution in [2.45, 2.75) is 39.3 Å². The van der Waals surface area contributed by atoms with Crippen LogP contribution >= 0.6 is 0 Å². The van der Waals surface area contributed by atoms with Crippen molar-refractivity contribution in [3.05, 3.63) is 47.0 Å². The third-order valence-corrected chi connectivity index (χ3v) is 4.77. The maximum Gasteiger partial charge on any atom is 0.341 e. The lowest BCUT2D eigenvalue weighted by Crippen LogP contribution is -2.64. The molecule has 0 spiro atoms. The molecule has 30 heavy (non-hydrogen) atoms. The van der Waals surface area contributed by atoms with E-state index in [-0.39, 0.29) is 23.3 Å². The maximum absolute atomic E-state index is 13.0. The lowest BCUT2D eigenvalue weighted by molar-refractivity contribution is -0.166. The second-order valence-electron chi connectivity index (χ2n) is 8.06. The quantitative estimate of drug-likeness (QED) is 0.320. The highest BCUT2D eigenvalue weighted by Gasteiger charge is 2.53. The number of rotatable bonds is 4. The number of nitrogens with zero attached hydrogens (tertiary/aromatic N) is 1. The van der Waals surface area contributed by atoms with Crippen LogP contribution in [0.1, 0.15) is 48.4 Å². The first-order valence-corrected chi connectivity index (χ1v) is 9.64. The molecule has 1 fully saturated rings. The number of esters is 2. The topological polar surface area (TPSA) is 107 Å². The number of amides is 1. The number of carbonyl (C=O) groups excluding carboxylic acids is 5. The summed E-state index contributed by atoms with van der Waals surface area (Å²) >= 11 is 0. The molecule has 1 heterocycles. The van der Waals surface area contributed by atoms with Crippen molar-refractivity contribution in [2.24, 2.45) is 5.92 Å². The fraction of sp³-hybridized carbons (Fsp3) is 0.409. The largest absolute Gasteiger partial charge is 0.462 e. The van der Waals surface area contributed by atoms with Gasteiger partial charge in [0, 0.05) is 11.1 Å². The fourth-order valence-corrected chi connectivity index (χ4v) is 3.54. The summed E-state index contributed by atoms with van der Waals surface area (Å²) in [7, 11) is 0. The van der Waals surface area contributed by atoms with E-state index in [2.05, 4.69) is 0 Å². The first-order valence-electron chi connectivity index (χ1n) is 9.64. The van der Waals surface area contributed by atoms with E-state index >= 15 is 0 Å². The van der Waals surface area contributed by atoms with Crippen LogP contribution in [0.2, 0.25) is 0 Å². The second-order valence-corrected chi connectivity index (χ2v) is 8.06. The Morgan fingerprint density at radius 1 is 1.07 bits per heavy atom. The van der Waals surface area contributed by atoms with Gasteiger partial charge in [0.2, 0.25) is 11.7 Å². The van der Waals surface area contributed by atoms with Crippen LogP contribution in [0.25, 0.3) is 0 Å². The number of likely N-dealkylation sites (tertiary alicyclic amines) is 1. The lowest BCUT2D eigenvalue weighted by atomic mass is 9.76. The molecule has 1 aromatic carbocycles. The minimum atomic E-state index is -1.12. The number of ketones is 2. The summed E-state index contributed by atoms with van der Waals surface area (Å²) in [6, 6.07) is 5.11. The van der Waals surface area contributed by atoms with Crippen molar-refractivity contribution in [3.8, 4) is 0 Å². The van der Waals surface area contributed by atoms with Crippen LogP contribution in [0.4, 0.5) is 0 Å². The molecule has 0 aromatic heterocycles. The van der Waals surface area contributed by atoms with Crippen LogP contribution in [-0.4, -0.2) is 59.1 Å². The zero-order valence-electron chi connectivity index (χ0n) is 17.3. The van der Waals surface area contributed by atoms with Gasteiger partial charge in [-0.1, -0.05) is 24.3 Å². The van der Waals surface area contributed by atoms with Gasteiger partial charge in [-0.05, 0) is 33.8 Å². The van der Waals surface area contributed by atoms with Crippen molar-refractivity contribution >= 4 is 29.4 Å². The van der Waals surface area contributed by atoms with Crippen LogP contribution in [-0.2, 0) is 23.9 Å². The van der Waals surface area contributed by atoms with Crippen LogP contribution in [0.5, 0.6) is 0 Å². The molecular formula is C22H23NO7. The summed E-state index contributed by atoms with van der Waals surface area (Å²) in [6.07, 6.45) is 1.25. The molecule has 3 rings (SSSR count). The van der Waals surface area contributed by atoms with Gasteiger partial charge in [-0.3, -0.25) is 19.2 Å². The van der Waals surface area contributed by atoms with E-state index in [1.165, 1.54) is 18.2 Å². The molecule has 2 aliphatic rings. The number of ether oxygens (including phenoxy) is 2. The molecule has 0 saturated carbocycles. The Kier molecular flexibility index (Phi) is 5.61. The highest BCUT2D eigenvalue weighted by Crippen LogP contribution is 2.35. The van der Waals surface area contributed by atoms with Crippen LogP contribution < -0.4 is 0 Å². The van der Waals surface area contributed by atoms with E-state index in [0.717, 1.165) is 4.90 Å². The van der Waals surface area contributed by atoms with Crippen LogP contribution in [0.15, 0.2) is 35.9 Å². The molecule has 1 aliphatic heterocycles. The Morgan fingerprint density at radius 2 is 1.70 bits per heavy atom. The van der Waals surface area contributed by atoms with E-state index in [0.29, 0.717) is 0 Å². The number of hydrogen-bond acceptors (Lipinski definition) is 7. The molecule has 1 aliphatic carbocycles. The summed E-state index contributed by atoms with van der Waals surface area (Å²) in [4.78, 5) is 64.6. The molecule has 0 bridgehead atoms.